The van der Waals surface area contributed by atoms with Gasteiger partial charge in [-0.1, -0.05) is 12.1 Å². The second kappa shape index (κ2) is 7.75. The molecule has 0 aliphatic carbocycles. The van der Waals surface area contributed by atoms with Crippen molar-refractivity contribution in [1.82, 2.24) is 10.6 Å². The lowest BCUT2D eigenvalue weighted by Crippen LogP contribution is -2.38. The Morgan fingerprint density at radius 1 is 1.14 bits per heavy atom. The maximum atomic E-state index is 12.1. The van der Waals surface area contributed by atoms with Crippen LogP contribution in [0.4, 0.5) is 18.9 Å². The van der Waals surface area contributed by atoms with Crippen LogP contribution in [0, 0.1) is 0 Å². The highest BCUT2D eigenvalue weighted by atomic mass is 19.4. The van der Waals surface area contributed by atoms with Gasteiger partial charge in [-0.25, -0.2) is 0 Å². The second-order valence-corrected chi connectivity index (χ2v) is 4.78. The molecule has 0 aromatic heterocycles. The van der Waals surface area contributed by atoms with Crippen molar-refractivity contribution in [3.63, 3.8) is 0 Å². The minimum absolute atomic E-state index is 0.192. The van der Waals surface area contributed by atoms with E-state index in [1.807, 2.05) is 43.3 Å². The van der Waals surface area contributed by atoms with Gasteiger partial charge in [0.1, 0.15) is 0 Å². The number of hydrogen-bond acceptors (Lipinski definition) is 2. The average molecular weight is 302 g/mol. The Kier molecular flexibility index (Phi) is 6.33. The molecule has 0 saturated heterocycles. The molecule has 0 fully saturated rings. The van der Waals surface area contributed by atoms with Gasteiger partial charge in [-0.3, -0.25) is 4.99 Å². The summed E-state index contributed by atoms with van der Waals surface area (Å²) in [6.07, 6.45) is -5.04. The molecule has 0 aliphatic rings. The van der Waals surface area contributed by atoms with Crippen LogP contribution in [0.15, 0.2) is 29.3 Å². The van der Waals surface area contributed by atoms with Crippen molar-refractivity contribution in [2.24, 2.45) is 4.99 Å². The molecule has 1 rings (SSSR count). The van der Waals surface area contributed by atoms with Crippen LogP contribution < -0.4 is 15.5 Å². The molecule has 0 radical (unpaired) electrons. The fourth-order valence-electron chi connectivity index (χ4n) is 1.64. The quantitative estimate of drug-likeness (QED) is 0.648. The van der Waals surface area contributed by atoms with E-state index in [1.165, 1.54) is 7.05 Å². The fraction of sp³-hybridized carbons (Fsp3) is 0.500. The number of nitrogens with one attached hydrogen (secondary N) is 2. The molecule has 4 nitrogen and oxygen atoms in total. The molecule has 0 aliphatic heterocycles. The van der Waals surface area contributed by atoms with Gasteiger partial charge in [0.05, 0.1) is 6.42 Å². The Morgan fingerprint density at radius 2 is 1.76 bits per heavy atom. The number of anilines is 1. The molecule has 1 aromatic rings. The predicted octanol–water partition coefficient (Wildman–Crippen LogP) is 2.37. The Labute approximate surface area is 123 Å². The van der Waals surface area contributed by atoms with Crippen molar-refractivity contribution in [3.05, 3.63) is 29.8 Å². The normalized spacial score (nSPS) is 12.2. The monoisotopic (exact) mass is 302 g/mol. The summed E-state index contributed by atoms with van der Waals surface area (Å²) in [7, 11) is 5.44. The number of halogens is 3. The molecule has 2 N–H and O–H groups in total. The average Bonchev–Trinajstić information content (AvgIpc) is 2.41. The van der Waals surface area contributed by atoms with Crippen LogP contribution in [-0.2, 0) is 6.54 Å². The van der Waals surface area contributed by atoms with Gasteiger partial charge in [-0.2, -0.15) is 13.2 Å². The number of benzene rings is 1. The van der Waals surface area contributed by atoms with Gasteiger partial charge < -0.3 is 15.5 Å². The topological polar surface area (TPSA) is 39.7 Å². The molecule has 0 heterocycles. The first-order chi connectivity index (χ1) is 9.81. The SMILES string of the molecule is CN=C(NCCC(F)(F)F)NCc1ccc(N(C)C)cc1. The molecule has 1 aromatic carbocycles. The molecule has 0 spiro atoms. The van der Waals surface area contributed by atoms with Crippen molar-refractivity contribution < 1.29 is 13.2 Å². The molecule has 7 heteroatoms. The van der Waals surface area contributed by atoms with Crippen LogP contribution in [0.3, 0.4) is 0 Å². The highest BCUT2D eigenvalue weighted by Gasteiger charge is 2.26. The predicted molar refractivity (Wildman–Crippen MR) is 79.6 cm³/mol. The van der Waals surface area contributed by atoms with E-state index in [4.69, 9.17) is 0 Å². The van der Waals surface area contributed by atoms with Crippen LogP contribution in [-0.4, -0.2) is 39.8 Å². The third kappa shape index (κ3) is 6.87. The lowest BCUT2D eigenvalue weighted by molar-refractivity contribution is -0.132. The summed E-state index contributed by atoms with van der Waals surface area (Å²) >= 11 is 0. The maximum absolute atomic E-state index is 12.1. The van der Waals surface area contributed by atoms with E-state index in [0.717, 1.165) is 11.3 Å². The Morgan fingerprint density at radius 3 is 2.24 bits per heavy atom. The van der Waals surface area contributed by atoms with E-state index in [-0.39, 0.29) is 6.54 Å². The first kappa shape index (κ1) is 17.1. The summed E-state index contributed by atoms with van der Waals surface area (Å²) in [5, 5.41) is 5.62. The third-order valence-electron chi connectivity index (χ3n) is 2.84. The van der Waals surface area contributed by atoms with Gasteiger partial charge in [0.25, 0.3) is 0 Å². The van der Waals surface area contributed by atoms with Gasteiger partial charge in [-0.15, -0.1) is 0 Å². The van der Waals surface area contributed by atoms with Crippen molar-refractivity contribution in [2.75, 3.05) is 32.6 Å². The zero-order valence-electron chi connectivity index (χ0n) is 12.5. The van der Waals surface area contributed by atoms with E-state index < -0.39 is 12.6 Å². The Bertz CT molecular complexity index is 452. The van der Waals surface area contributed by atoms with Gasteiger partial charge in [0, 0.05) is 39.9 Å². The van der Waals surface area contributed by atoms with Crippen molar-refractivity contribution >= 4 is 11.6 Å². The minimum atomic E-state index is -4.16. The Hall–Kier alpha value is -1.92. The molecular formula is C14H21F3N4. The van der Waals surface area contributed by atoms with E-state index >= 15 is 0 Å². The molecule has 0 saturated carbocycles. The summed E-state index contributed by atoms with van der Waals surface area (Å²) in [6.45, 7) is 0.308. The summed E-state index contributed by atoms with van der Waals surface area (Å²) < 4.78 is 36.2. The third-order valence-corrected chi connectivity index (χ3v) is 2.84. The van der Waals surface area contributed by atoms with Crippen LogP contribution >= 0.6 is 0 Å². The van der Waals surface area contributed by atoms with Gasteiger partial charge in [0.15, 0.2) is 5.96 Å². The summed E-state index contributed by atoms with van der Waals surface area (Å²) in [5.41, 5.74) is 2.12. The number of nitrogens with zero attached hydrogens (tertiary/aromatic N) is 2. The number of guanidine groups is 1. The molecule has 0 bridgehead atoms. The molecule has 0 amide bonds. The van der Waals surface area contributed by atoms with Gasteiger partial charge in [0.2, 0.25) is 0 Å². The van der Waals surface area contributed by atoms with E-state index in [9.17, 15) is 13.2 Å². The first-order valence-electron chi connectivity index (χ1n) is 6.59. The lowest BCUT2D eigenvalue weighted by atomic mass is 10.2. The largest absolute Gasteiger partial charge is 0.390 e. The van der Waals surface area contributed by atoms with Crippen molar-refractivity contribution in [3.8, 4) is 0 Å². The second-order valence-electron chi connectivity index (χ2n) is 4.78. The molecule has 118 valence electrons. The van der Waals surface area contributed by atoms with Gasteiger partial charge >= 0.3 is 6.18 Å². The van der Waals surface area contributed by atoms with E-state index in [2.05, 4.69) is 15.6 Å². The van der Waals surface area contributed by atoms with Crippen LogP contribution in [0.1, 0.15) is 12.0 Å². The maximum Gasteiger partial charge on any atom is 0.390 e. The molecular weight excluding hydrogens is 281 g/mol. The van der Waals surface area contributed by atoms with Crippen LogP contribution in [0.2, 0.25) is 0 Å². The zero-order valence-corrected chi connectivity index (χ0v) is 12.5. The van der Waals surface area contributed by atoms with Crippen LogP contribution in [0.5, 0.6) is 0 Å². The summed E-state index contributed by atoms with van der Waals surface area (Å²) in [5.74, 6) is 0.357. The smallest absolute Gasteiger partial charge is 0.378 e. The first-order valence-corrected chi connectivity index (χ1v) is 6.59. The molecule has 0 unspecified atom stereocenters. The van der Waals surface area contributed by atoms with Crippen molar-refractivity contribution in [2.45, 2.75) is 19.1 Å². The number of hydrogen-bond donors (Lipinski definition) is 2. The van der Waals surface area contributed by atoms with Crippen molar-refractivity contribution in [1.29, 1.82) is 0 Å². The van der Waals surface area contributed by atoms with E-state index in [1.54, 1.807) is 0 Å². The minimum Gasteiger partial charge on any atom is -0.378 e. The summed E-state index contributed by atoms with van der Waals surface area (Å²) in [6, 6.07) is 7.89. The highest BCUT2D eigenvalue weighted by molar-refractivity contribution is 5.79. The zero-order chi connectivity index (χ0) is 15.9. The lowest BCUT2D eigenvalue weighted by Gasteiger charge is -2.14. The van der Waals surface area contributed by atoms with Gasteiger partial charge in [-0.05, 0) is 17.7 Å². The fourth-order valence-corrected chi connectivity index (χ4v) is 1.64. The van der Waals surface area contributed by atoms with Crippen LogP contribution in [0.25, 0.3) is 0 Å². The summed E-state index contributed by atoms with van der Waals surface area (Å²) in [4.78, 5) is 5.88. The standard InChI is InChI=1S/C14H21F3N4/c1-18-13(19-9-8-14(15,16)17)20-10-11-4-6-12(7-5-11)21(2)3/h4-7H,8-10H2,1-3H3,(H2,18,19,20). The number of alkyl halides is 3. The molecule has 0 atom stereocenters. The van der Waals surface area contributed by atoms with E-state index in [0.29, 0.717) is 12.5 Å². The molecule has 21 heavy (non-hydrogen) atoms. The number of rotatable bonds is 5. The number of aliphatic imine (C=N–C) groups is 1. The highest BCUT2D eigenvalue weighted by Crippen LogP contribution is 2.18. The Balaban J connectivity index is 2.41.